The summed E-state index contributed by atoms with van der Waals surface area (Å²) in [6.07, 6.45) is 6.87. The maximum Gasteiger partial charge on any atom is 0.185 e. The molecular formula is C25H17N5O. The van der Waals surface area contributed by atoms with Gasteiger partial charge in [-0.25, -0.2) is 0 Å². The Morgan fingerprint density at radius 2 is 1.71 bits per heavy atom. The summed E-state index contributed by atoms with van der Waals surface area (Å²) in [5.74, 6) is -0.837. The maximum absolute atomic E-state index is 13.9. The van der Waals surface area contributed by atoms with Crippen LogP contribution < -0.4 is 4.90 Å². The third-order valence-electron chi connectivity index (χ3n) is 6.21. The second-order valence-corrected chi connectivity index (χ2v) is 7.69. The number of nitriles is 2. The molecule has 0 aliphatic carbocycles. The zero-order chi connectivity index (χ0) is 21.4. The molecule has 31 heavy (non-hydrogen) atoms. The van der Waals surface area contributed by atoms with Crippen molar-refractivity contribution in [1.82, 2.24) is 10.2 Å². The highest BCUT2D eigenvalue weighted by Gasteiger charge is 2.63. The predicted molar refractivity (Wildman–Crippen MR) is 115 cm³/mol. The molecule has 2 aliphatic heterocycles. The van der Waals surface area contributed by atoms with Crippen molar-refractivity contribution in [2.45, 2.75) is 18.0 Å². The summed E-state index contributed by atoms with van der Waals surface area (Å²) in [5, 5.41) is 28.5. The lowest BCUT2D eigenvalue weighted by molar-refractivity contribution is 0.0951. The van der Waals surface area contributed by atoms with Crippen molar-refractivity contribution < 1.29 is 4.79 Å². The van der Waals surface area contributed by atoms with E-state index in [2.05, 4.69) is 22.3 Å². The molecule has 1 fully saturated rings. The summed E-state index contributed by atoms with van der Waals surface area (Å²) in [4.78, 5) is 15.8. The number of hydrogen-bond donors (Lipinski definition) is 0. The van der Waals surface area contributed by atoms with Gasteiger partial charge < -0.3 is 4.90 Å². The Labute approximate surface area is 179 Å². The summed E-state index contributed by atoms with van der Waals surface area (Å²) >= 11 is 0. The van der Waals surface area contributed by atoms with Crippen molar-refractivity contribution >= 4 is 17.5 Å². The summed E-state index contributed by atoms with van der Waals surface area (Å²) in [6, 6.07) is 21.7. The average Bonchev–Trinajstić information content (AvgIpc) is 3.15. The molecule has 0 N–H and O–H groups in total. The molecule has 6 nitrogen and oxygen atoms in total. The Kier molecular flexibility index (Phi) is 4.34. The topological polar surface area (TPSA) is 93.7 Å². The number of para-hydroxylation sites is 1. The number of rotatable bonds is 3. The molecule has 3 heterocycles. The van der Waals surface area contributed by atoms with Crippen molar-refractivity contribution in [3.63, 3.8) is 0 Å². The van der Waals surface area contributed by atoms with E-state index in [1.807, 2.05) is 59.5 Å². The summed E-state index contributed by atoms with van der Waals surface area (Å²) in [7, 11) is 0. The van der Waals surface area contributed by atoms with Crippen molar-refractivity contribution in [3.05, 3.63) is 95.8 Å². The molecule has 0 spiro atoms. The van der Waals surface area contributed by atoms with Gasteiger partial charge in [0, 0.05) is 23.4 Å². The standard InChI is InChI=1S/C25H17N5O/c26-15-25(16-27)21-11-10-17-6-4-5-9-20(17)30(21)23(22(25)19-12-13-28-29-14-19)24(31)18-7-2-1-3-8-18/h1-14,21-23H/t21-,22+,23-/m1/s1. The second kappa shape index (κ2) is 7.19. The molecule has 3 atom stereocenters. The number of nitrogens with zero attached hydrogens (tertiary/aromatic N) is 5. The van der Waals surface area contributed by atoms with Crippen LogP contribution in [0.5, 0.6) is 0 Å². The van der Waals surface area contributed by atoms with Gasteiger partial charge in [-0.15, -0.1) is 0 Å². The van der Waals surface area contributed by atoms with E-state index in [1.165, 1.54) is 6.20 Å². The van der Waals surface area contributed by atoms with Gasteiger partial charge in [0.1, 0.15) is 6.04 Å². The zero-order valence-electron chi connectivity index (χ0n) is 16.5. The minimum atomic E-state index is -1.47. The normalized spacial score (nSPS) is 22.6. The van der Waals surface area contributed by atoms with Crippen LogP contribution in [0.4, 0.5) is 5.69 Å². The molecule has 3 aromatic rings. The number of ketones is 1. The molecule has 0 unspecified atom stereocenters. The smallest absolute Gasteiger partial charge is 0.185 e. The molecule has 0 bridgehead atoms. The van der Waals surface area contributed by atoms with Crippen LogP contribution in [0.25, 0.3) is 6.08 Å². The van der Waals surface area contributed by atoms with Crippen molar-refractivity contribution in [2.75, 3.05) is 4.90 Å². The van der Waals surface area contributed by atoms with Gasteiger partial charge in [0.15, 0.2) is 11.2 Å². The largest absolute Gasteiger partial charge is 0.351 e. The predicted octanol–water partition coefficient (Wildman–Crippen LogP) is 3.76. The first-order valence-corrected chi connectivity index (χ1v) is 9.95. The van der Waals surface area contributed by atoms with Gasteiger partial charge in [-0.3, -0.25) is 4.79 Å². The Hall–Kier alpha value is -4.29. The highest BCUT2D eigenvalue weighted by molar-refractivity contribution is 6.04. The summed E-state index contributed by atoms with van der Waals surface area (Å²) < 4.78 is 0. The van der Waals surface area contributed by atoms with Crippen LogP contribution in [0.1, 0.15) is 27.4 Å². The zero-order valence-corrected chi connectivity index (χ0v) is 16.5. The SMILES string of the molecule is N#CC1(C#N)[C@@H](c2ccnnc2)[C@H](C(=O)c2ccccc2)N2c3ccccc3C=C[C@@H]21. The Balaban J connectivity index is 1.79. The molecule has 0 amide bonds. The number of aromatic nitrogens is 2. The number of benzene rings is 2. The third kappa shape index (κ3) is 2.66. The Morgan fingerprint density at radius 3 is 2.42 bits per heavy atom. The quantitative estimate of drug-likeness (QED) is 0.618. The lowest BCUT2D eigenvalue weighted by Crippen LogP contribution is -2.44. The Bertz CT molecular complexity index is 1240. The van der Waals surface area contributed by atoms with E-state index in [0.717, 1.165) is 11.3 Å². The van der Waals surface area contributed by atoms with E-state index >= 15 is 0 Å². The number of carbonyl (C=O) groups is 1. The lowest BCUT2D eigenvalue weighted by Gasteiger charge is -2.35. The van der Waals surface area contributed by atoms with Gasteiger partial charge in [-0.1, -0.05) is 60.7 Å². The number of fused-ring (bicyclic) bond motifs is 3. The minimum absolute atomic E-state index is 0.134. The van der Waals surface area contributed by atoms with E-state index in [9.17, 15) is 15.3 Å². The minimum Gasteiger partial charge on any atom is -0.351 e. The van der Waals surface area contributed by atoms with Crippen LogP contribution in [-0.2, 0) is 0 Å². The van der Waals surface area contributed by atoms with Crippen molar-refractivity contribution in [3.8, 4) is 12.1 Å². The second-order valence-electron chi connectivity index (χ2n) is 7.69. The van der Waals surface area contributed by atoms with Crippen LogP contribution in [0.2, 0.25) is 0 Å². The molecule has 1 saturated heterocycles. The molecule has 0 radical (unpaired) electrons. The first kappa shape index (κ1) is 18.7. The molecule has 1 aromatic heterocycles. The van der Waals surface area contributed by atoms with Gasteiger partial charge in [0.05, 0.1) is 24.4 Å². The maximum atomic E-state index is 13.9. The highest BCUT2D eigenvalue weighted by atomic mass is 16.1. The van der Waals surface area contributed by atoms with Crippen LogP contribution in [0.15, 0.2) is 79.1 Å². The number of Topliss-reactive ketones (excluding diaryl/α,β-unsaturated/α-hetero) is 1. The molecular weight excluding hydrogens is 386 g/mol. The lowest BCUT2D eigenvalue weighted by atomic mass is 9.69. The van der Waals surface area contributed by atoms with Gasteiger partial charge in [0.2, 0.25) is 0 Å². The fourth-order valence-corrected chi connectivity index (χ4v) is 4.87. The summed E-state index contributed by atoms with van der Waals surface area (Å²) in [5.41, 5.74) is 1.50. The van der Waals surface area contributed by atoms with Crippen LogP contribution >= 0.6 is 0 Å². The van der Waals surface area contributed by atoms with E-state index in [1.54, 1.807) is 24.4 Å². The third-order valence-corrected chi connectivity index (χ3v) is 6.21. The van der Waals surface area contributed by atoms with Gasteiger partial charge in [0.25, 0.3) is 0 Å². The molecule has 148 valence electrons. The molecule has 5 rings (SSSR count). The van der Waals surface area contributed by atoms with Crippen molar-refractivity contribution in [1.29, 1.82) is 10.5 Å². The van der Waals surface area contributed by atoms with Crippen molar-refractivity contribution in [2.24, 2.45) is 5.41 Å². The summed E-state index contributed by atoms with van der Waals surface area (Å²) in [6.45, 7) is 0. The van der Waals surface area contributed by atoms with Crippen LogP contribution in [-0.4, -0.2) is 28.1 Å². The Morgan fingerprint density at radius 1 is 0.968 bits per heavy atom. The van der Waals surface area contributed by atoms with E-state index in [-0.39, 0.29) is 5.78 Å². The monoisotopic (exact) mass is 403 g/mol. The van der Waals surface area contributed by atoms with E-state index in [4.69, 9.17) is 0 Å². The van der Waals surface area contributed by atoms with Crippen LogP contribution in [0.3, 0.4) is 0 Å². The molecule has 2 aliphatic rings. The van der Waals surface area contributed by atoms with Gasteiger partial charge >= 0.3 is 0 Å². The molecule has 2 aromatic carbocycles. The van der Waals surface area contributed by atoms with E-state index in [0.29, 0.717) is 11.1 Å². The first-order chi connectivity index (χ1) is 15.2. The fraction of sp³-hybridized carbons (Fsp3) is 0.160. The van der Waals surface area contributed by atoms with Crippen LogP contribution in [0, 0.1) is 28.1 Å². The fourth-order valence-electron chi connectivity index (χ4n) is 4.87. The van der Waals surface area contributed by atoms with E-state index < -0.39 is 23.4 Å². The number of hydrogen-bond acceptors (Lipinski definition) is 6. The first-order valence-electron chi connectivity index (χ1n) is 9.95. The number of anilines is 1. The van der Waals surface area contributed by atoms with Gasteiger partial charge in [-0.2, -0.15) is 20.7 Å². The molecule has 0 saturated carbocycles. The van der Waals surface area contributed by atoms with Gasteiger partial charge in [-0.05, 0) is 23.3 Å². The number of carbonyl (C=O) groups excluding carboxylic acids is 1. The average molecular weight is 403 g/mol. The molecule has 6 heteroatoms. The highest BCUT2D eigenvalue weighted by Crippen LogP contribution is 2.55.